The molecule has 1 unspecified atom stereocenters. The summed E-state index contributed by atoms with van der Waals surface area (Å²) in [5.41, 5.74) is 0.920. The average molecular weight is 574 g/mol. The van der Waals surface area contributed by atoms with E-state index in [1.807, 2.05) is 51.1 Å². The fraction of sp³-hybridized carbons (Fsp3) is 0.333. The number of hydrogen-bond donors (Lipinski definition) is 1. The van der Waals surface area contributed by atoms with E-state index in [4.69, 9.17) is 37.4 Å². The quantitative estimate of drug-likeness (QED) is 0.307. The predicted molar refractivity (Wildman–Crippen MR) is 154 cm³/mol. The normalized spacial score (nSPS) is 11.9. The fourth-order valence-electron chi connectivity index (χ4n) is 3.95. The van der Waals surface area contributed by atoms with Crippen LogP contribution in [0.1, 0.15) is 31.9 Å². The summed E-state index contributed by atoms with van der Waals surface area (Å²) in [7, 11) is 3.06. The van der Waals surface area contributed by atoms with Crippen LogP contribution in [0.3, 0.4) is 0 Å². The van der Waals surface area contributed by atoms with Crippen LogP contribution in [-0.2, 0) is 22.6 Å². The van der Waals surface area contributed by atoms with Crippen LogP contribution in [0.4, 0.5) is 0 Å². The lowest BCUT2D eigenvalue weighted by Crippen LogP contribution is -2.55. The van der Waals surface area contributed by atoms with Gasteiger partial charge in [0.25, 0.3) is 5.91 Å². The van der Waals surface area contributed by atoms with Crippen LogP contribution in [0.5, 0.6) is 17.2 Å². The van der Waals surface area contributed by atoms with Crippen molar-refractivity contribution in [1.29, 1.82) is 0 Å². The van der Waals surface area contributed by atoms with Gasteiger partial charge in [0.15, 0.2) is 6.61 Å². The molecule has 0 saturated carbocycles. The van der Waals surface area contributed by atoms with E-state index in [2.05, 4.69) is 5.32 Å². The molecule has 2 amide bonds. The Bertz CT molecular complexity index is 1240. The third kappa shape index (κ3) is 8.80. The molecular weight excluding hydrogens is 539 g/mol. The Kier molecular flexibility index (Phi) is 10.5. The van der Waals surface area contributed by atoms with Crippen molar-refractivity contribution in [3.05, 3.63) is 87.9 Å². The Morgan fingerprint density at radius 1 is 0.872 bits per heavy atom. The zero-order valence-corrected chi connectivity index (χ0v) is 24.3. The van der Waals surface area contributed by atoms with Crippen molar-refractivity contribution in [2.75, 3.05) is 20.8 Å². The molecule has 0 fully saturated rings. The first-order chi connectivity index (χ1) is 18.5. The molecule has 0 bridgehead atoms. The molecule has 0 aliphatic heterocycles. The minimum atomic E-state index is -0.866. The van der Waals surface area contributed by atoms with Crippen molar-refractivity contribution >= 4 is 35.0 Å². The average Bonchev–Trinajstić information content (AvgIpc) is 2.90. The summed E-state index contributed by atoms with van der Waals surface area (Å²) in [6.07, 6.45) is 0.281. The van der Waals surface area contributed by atoms with E-state index >= 15 is 0 Å². The molecule has 0 aliphatic rings. The molecule has 0 heterocycles. The summed E-state index contributed by atoms with van der Waals surface area (Å²) < 4.78 is 16.5. The number of nitrogens with one attached hydrogen (secondary N) is 1. The van der Waals surface area contributed by atoms with Gasteiger partial charge in [0.1, 0.15) is 23.3 Å². The first-order valence-corrected chi connectivity index (χ1v) is 13.2. The van der Waals surface area contributed by atoms with Crippen LogP contribution in [0.25, 0.3) is 0 Å². The highest BCUT2D eigenvalue weighted by Gasteiger charge is 2.33. The van der Waals surface area contributed by atoms with Gasteiger partial charge in [0.05, 0.1) is 14.2 Å². The molecule has 0 aliphatic carbocycles. The van der Waals surface area contributed by atoms with Crippen LogP contribution in [0.15, 0.2) is 66.7 Å². The molecule has 1 N–H and O–H groups in total. The molecular formula is C30H34Cl2N2O5. The summed E-state index contributed by atoms with van der Waals surface area (Å²) in [4.78, 5) is 29.0. The summed E-state index contributed by atoms with van der Waals surface area (Å²) >= 11 is 13.0. The molecule has 9 heteroatoms. The molecule has 39 heavy (non-hydrogen) atoms. The topological polar surface area (TPSA) is 77.1 Å². The minimum Gasteiger partial charge on any atom is -0.496 e. The number of halogens is 2. The Morgan fingerprint density at radius 3 is 1.97 bits per heavy atom. The van der Waals surface area contributed by atoms with Gasteiger partial charge in [-0.15, -0.1) is 0 Å². The second-order valence-corrected chi connectivity index (χ2v) is 10.8. The standard InChI is InChI=1S/C30H34Cl2N2O5/c1-30(2,3)33-29(36)27(14-20-10-7-6-8-11-20)34(18-24-25(31)12-9-13-26(24)32)28(35)19-39-23-16-21(37-4)15-22(17-23)38-5/h6-13,15-17,27H,14,18-19H2,1-5H3,(H,33,36). The van der Waals surface area contributed by atoms with E-state index in [1.54, 1.807) is 36.4 Å². The van der Waals surface area contributed by atoms with Gasteiger partial charge >= 0.3 is 0 Å². The maximum atomic E-state index is 13.8. The Morgan fingerprint density at radius 2 is 1.44 bits per heavy atom. The molecule has 7 nitrogen and oxygen atoms in total. The molecule has 0 saturated heterocycles. The van der Waals surface area contributed by atoms with Gasteiger partial charge in [-0.2, -0.15) is 0 Å². The van der Waals surface area contributed by atoms with Crippen molar-refractivity contribution in [3.8, 4) is 17.2 Å². The van der Waals surface area contributed by atoms with Crippen LogP contribution < -0.4 is 19.5 Å². The van der Waals surface area contributed by atoms with E-state index in [-0.39, 0.29) is 25.5 Å². The zero-order valence-electron chi connectivity index (χ0n) is 22.8. The number of nitrogens with zero attached hydrogens (tertiary/aromatic N) is 1. The van der Waals surface area contributed by atoms with Gasteiger partial charge in [0, 0.05) is 52.3 Å². The fourth-order valence-corrected chi connectivity index (χ4v) is 4.47. The molecule has 0 radical (unpaired) electrons. The second-order valence-electron chi connectivity index (χ2n) is 10.0. The van der Waals surface area contributed by atoms with Crippen LogP contribution in [-0.4, -0.2) is 49.1 Å². The van der Waals surface area contributed by atoms with Crippen LogP contribution in [0, 0.1) is 0 Å². The Labute approximate surface area is 240 Å². The number of benzene rings is 3. The Hall–Kier alpha value is -3.42. The number of carbonyl (C=O) groups excluding carboxylic acids is 2. The van der Waals surface area contributed by atoms with Crippen molar-refractivity contribution in [3.63, 3.8) is 0 Å². The third-order valence-corrected chi connectivity index (χ3v) is 6.55. The van der Waals surface area contributed by atoms with Crippen LogP contribution >= 0.6 is 23.2 Å². The molecule has 3 aromatic carbocycles. The van der Waals surface area contributed by atoms with Crippen molar-refractivity contribution in [2.45, 2.75) is 45.3 Å². The number of hydrogen-bond acceptors (Lipinski definition) is 5. The molecule has 3 rings (SSSR count). The highest BCUT2D eigenvalue weighted by atomic mass is 35.5. The molecule has 0 aromatic heterocycles. The van der Waals surface area contributed by atoms with E-state index in [1.165, 1.54) is 19.1 Å². The van der Waals surface area contributed by atoms with Crippen LogP contribution in [0.2, 0.25) is 10.0 Å². The first-order valence-electron chi connectivity index (χ1n) is 12.4. The molecule has 1 atom stereocenters. The number of carbonyl (C=O) groups is 2. The summed E-state index contributed by atoms with van der Waals surface area (Å²) in [5.74, 6) is 0.698. The smallest absolute Gasteiger partial charge is 0.261 e. The Balaban J connectivity index is 1.99. The highest BCUT2D eigenvalue weighted by Crippen LogP contribution is 2.29. The van der Waals surface area contributed by atoms with Gasteiger partial charge in [-0.1, -0.05) is 59.6 Å². The number of rotatable bonds is 11. The van der Waals surface area contributed by atoms with E-state index in [9.17, 15) is 9.59 Å². The van der Waals surface area contributed by atoms with E-state index in [0.29, 0.717) is 32.9 Å². The summed E-state index contributed by atoms with van der Waals surface area (Å²) in [5, 5.41) is 3.81. The highest BCUT2D eigenvalue weighted by molar-refractivity contribution is 6.36. The largest absolute Gasteiger partial charge is 0.496 e. The van der Waals surface area contributed by atoms with Gasteiger partial charge in [-0.25, -0.2) is 0 Å². The molecule has 0 spiro atoms. The lowest BCUT2D eigenvalue weighted by molar-refractivity contribution is -0.143. The van der Waals surface area contributed by atoms with E-state index < -0.39 is 17.5 Å². The van der Waals surface area contributed by atoms with Crippen molar-refractivity contribution < 1.29 is 23.8 Å². The van der Waals surface area contributed by atoms with Gasteiger partial charge in [-0.05, 0) is 38.5 Å². The lowest BCUT2D eigenvalue weighted by atomic mass is 10.0. The first kappa shape index (κ1) is 30.1. The monoisotopic (exact) mass is 572 g/mol. The number of ether oxygens (including phenoxy) is 3. The SMILES string of the molecule is COc1cc(OC)cc(OCC(=O)N(Cc2c(Cl)cccc2Cl)C(Cc2ccccc2)C(=O)NC(C)(C)C)c1. The van der Waals surface area contributed by atoms with Crippen molar-refractivity contribution in [2.24, 2.45) is 0 Å². The van der Waals surface area contributed by atoms with Gasteiger partial charge in [0.2, 0.25) is 5.91 Å². The van der Waals surface area contributed by atoms with Crippen molar-refractivity contribution in [1.82, 2.24) is 10.2 Å². The summed E-state index contributed by atoms with van der Waals surface area (Å²) in [6, 6.07) is 18.8. The summed E-state index contributed by atoms with van der Waals surface area (Å²) in [6.45, 7) is 5.34. The predicted octanol–water partition coefficient (Wildman–Crippen LogP) is 5.94. The van der Waals surface area contributed by atoms with E-state index in [0.717, 1.165) is 5.56 Å². The number of methoxy groups -OCH3 is 2. The third-order valence-electron chi connectivity index (χ3n) is 5.85. The molecule has 208 valence electrons. The lowest BCUT2D eigenvalue weighted by Gasteiger charge is -2.34. The number of amides is 2. The van der Waals surface area contributed by atoms with Gasteiger partial charge in [-0.3, -0.25) is 9.59 Å². The maximum absolute atomic E-state index is 13.8. The molecule has 3 aromatic rings. The minimum absolute atomic E-state index is 0.0111. The second kappa shape index (κ2) is 13.6. The van der Waals surface area contributed by atoms with Gasteiger partial charge < -0.3 is 24.4 Å². The maximum Gasteiger partial charge on any atom is 0.261 e. The zero-order chi connectivity index (χ0) is 28.6.